The summed E-state index contributed by atoms with van der Waals surface area (Å²) in [6.07, 6.45) is 0. The van der Waals surface area contributed by atoms with Gasteiger partial charge >= 0.3 is 5.97 Å². The minimum Gasteiger partial charge on any atom is -0.370 e. The van der Waals surface area contributed by atoms with E-state index in [4.69, 9.17) is 0 Å². The van der Waals surface area contributed by atoms with Crippen molar-refractivity contribution < 1.29 is 9.63 Å². The number of hydrogen-bond acceptors (Lipinski definition) is 3. The predicted molar refractivity (Wildman–Crippen MR) is 36.0 cm³/mol. The fourth-order valence-electron chi connectivity index (χ4n) is 0.642. The van der Waals surface area contributed by atoms with Crippen LogP contribution in [0.2, 0.25) is 0 Å². The molecule has 1 aromatic carbocycles. The van der Waals surface area contributed by atoms with Crippen molar-refractivity contribution in [2.75, 3.05) is 0 Å². The Balaban J connectivity index is 2.85. The molecule has 0 saturated carbocycles. The lowest BCUT2D eigenvalue weighted by molar-refractivity contribution is 0.0503. The van der Waals surface area contributed by atoms with E-state index in [1.807, 2.05) is 6.07 Å². The zero-order valence-electron chi connectivity index (χ0n) is 5.28. The number of hydrogen-bond donors (Lipinski definition) is 1. The highest BCUT2D eigenvalue weighted by Crippen LogP contribution is 1.98. The quantitative estimate of drug-likeness (QED) is 0.580. The minimum absolute atomic E-state index is 0.463. The Morgan fingerprint density at radius 1 is 1.30 bits per heavy atom. The van der Waals surface area contributed by atoms with Gasteiger partial charge in [-0.3, -0.25) is 0 Å². The van der Waals surface area contributed by atoms with Crippen molar-refractivity contribution in [3.05, 3.63) is 35.9 Å². The molecule has 10 heavy (non-hydrogen) atoms. The average Bonchev–Trinajstić information content (AvgIpc) is 2.05. The molecule has 0 bridgehead atoms. The fraction of sp³-hybridized carbons (Fsp3) is 0. The molecule has 0 radical (unpaired) electrons. The molecule has 0 unspecified atom stereocenters. The Morgan fingerprint density at radius 2 is 1.90 bits per heavy atom. The van der Waals surface area contributed by atoms with Crippen LogP contribution in [0.4, 0.5) is 0 Å². The lowest BCUT2D eigenvalue weighted by atomic mass is 10.2. The second-order valence-corrected chi connectivity index (χ2v) is 1.77. The highest BCUT2D eigenvalue weighted by molar-refractivity contribution is 5.88. The number of carbonyl (C=O) groups excluding carboxylic acids is 1. The van der Waals surface area contributed by atoms with Crippen molar-refractivity contribution in [3.63, 3.8) is 0 Å². The third kappa shape index (κ3) is 1.33. The molecule has 2 N–H and O–H groups in total. The van der Waals surface area contributed by atoms with Gasteiger partial charge in [-0.15, -0.1) is 0 Å². The van der Waals surface area contributed by atoms with E-state index < -0.39 is 5.97 Å². The molecule has 0 spiro atoms. The van der Waals surface area contributed by atoms with E-state index >= 15 is 0 Å². The van der Waals surface area contributed by atoms with Crippen LogP contribution in [0.5, 0.6) is 0 Å². The molecular weight excluding hydrogens is 130 g/mol. The lowest BCUT2D eigenvalue weighted by Crippen LogP contribution is -2.09. The van der Waals surface area contributed by atoms with E-state index in [1.165, 1.54) is 0 Å². The first-order valence-electron chi connectivity index (χ1n) is 2.80. The van der Waals surface area contributed by atoms with Gasteiger partial charge in [-0.25, -0.2) is 4.79 Å². The summed E-state index contributed by atoms with van der Waals surface area (Å²) in [4.78, 5) is 14.7. The van der Waals surface area contributed by atoms with Crippen LogP contribution in [0.3, 0.4) is 0 Å². The standard InChI is InChI=1S/C7H7NO2/c8-10-7(9)6-4-2-1-3-5-6/h1-5H,8H2. The molecule has 0 aliphatic heterocycles. The maximum atomic E-state index is 10.7. The summed E-state index contributed by atoms with van der Waals surface area (Å²) >= 11 is 0. The second kappa shape index (κ2) is 2.98. The van der Waals surface area contributed by atoms with Crippen LogP contribution in [0, 0.1) is 0 Å². The van der Waals surface area contributed by atoms with E-state index in [9.17, 15) is 4.79 Å². The zero-order valence-corrected chi connectivity index (χ0v) is 5.28. The SMILES string of the molecule is NOC(=O)c1ccccc1. The summed E-state index contributed by atoms with van der Waals surface area (Å²) in [5.41, 5.74) is 0.463. The summed E-state index contributed by atoms with van der Waals surface area (Å²) < 4.78 is 0. The van der Waals surface area contributed by atoms with Gasteiger partial charge in [-0.2, -0.15) is 5.90 Å². The van der Waals surface area contributed by atoms with Gasteiger partial charge in [0, 0.05) is 0 Å². The van der Waals surface area contributed by atoms with Crippen molar-refractivity contribution in [1.82, 2.24) is 0 Å². The first-order chi connectivity index (χ1) is 4.84. The lowest BCUT2D eigenvalue weighted by Gasteiger charge is -1.94. The van der Waals surface area contributed by atoms with Crippen molar-refractivity contribution in [1.29, 1.82) is 0 Å². The van der Waals surface area contributed by atoms with Gasteiger partial charge in [0.05, 0.1) is 5.56 Å². The molecule has 0 fully saturated rings. The summed E-state index contributed by atoms with van der Waals surface area (Å²) in [6.45, 7) is 0. The number of rotatable bonds is 1. The molecule has 0 atom stereocenters. The highest BCUT2D eigenvalue weighted by Gasteiger charge is 2.01. The molecule has 1 rings (SSSR count). The Hall–Kier alpha value is -1.35. The van der Waals surface area contributed by atoms with Gasteiger partial charge in [-0.05, 0) is 12.1 Å². The van der Waals surface area contributed by atoms with E-state index in [2.05, 4.69) is 10.7 Å². The number of benzene rings is 1. The normalized spacial score (nSPS) is 8.90. The molecule has 0 aliphatic carbocycles. The highest BCUT2D eigenvalue weighted by atomic mass is 16.7. The van der Waals surface area contributed by atoms with Crippen LogP contribution in [0.1, 0.15) is 10.4 Å². The molecule has 0 saturated heterocycles. The largest absolute Gasteiger partial charge is 0.370 e. The number of carbonyl (C=O) groups is 1. The van der Waals surface area contributed by atoms with E-state index in [0.29, 0.717) is 5.56 Å². The van der Waals surface area contributed by atoms with Crippen LogP contribution in [0.25, 0.3) is 0 Å². The van der Waals surface area contributed by atoms with E-state index in [0.717, 1.165) is 0 Å². The minimum atomic E-state index is -0.513. The summed E-state index contributed by atoms with van der Waals surface area (Å²) in [7, 11) is 0. The van der Waals surface area contributed by atoms with Crippen LogP contribution >= 0.6 is 0 Å². The topological polar surface area (TPSA) is 52.3 Å². The smallest absolute Gasteiger partial charge is 0.356 e. The van der Waals surface area contributed by atoms with E-state index in [1.54, 1.807) is 24.3 Å². The summed E-state index contributed by atoms with van der Waals surface area (Å²) in [5, 5.41) is 0. The van der Waals surface area contributed by atoms with Crippen molar-refractivity contribution in [2.45, 2.75) is 0 Å². The number of nitrogens with two attached hydrogens (primary N) is 1. The predicted octanol–water partition coefficient (Wildman–Crippen LogP) is 0.717. The van der Waals surface area contributed by atoms with Gasteiger partial charge in [0.2, 0.25) is 0 Å². The first kappa shape index (κ1) is 6.77. The van der Waals surface area contributed by atoms with Gasteiger partial charge in [0.15, 0.2) is 0 Å². The second-order valence-electron chi connectivity index (χ2n) is 1.77. The molecule has 3 nitrogen and oxygen atoms in total. The van der Waals surface area contributed by atoms with Crippen LogP contribution in [-0.2, 0) is 4.84 Å². The van der Waals surface area contributed by atoms with Gasteiger partial charge in [0.1, 0.15) is 0 Å². The van der Waals surface area contributed by atoms with Gasteiger partial charge in [-0.1, -0.05) is 18.2 Å². The molecule has 0 amide bonds. The third-order valence-corrected chi connectivity index (χ3v) is 1.12. The molecule has 0 heterocycles. The van der Waals surface area contributed by atoms with E-state index in [-0.39, 0.29) is 0 Å². The van der Waals surface area contributed by atoms with Crippen molar-refractivity contribution in [2.24, 2.45) is 5.90 Å². The Kier molecular flexibility index (Phi) is 2.02. The molecule has 3 heteroatoms. The molecule has 0 aliphatic rings. The first-order valence-corrected chi connectivity index (χ1v) is 2.80. The maximum Gasteiger partial charge on any atom is 0.356 e. The van der Waals surface area contributed by atoms with Crippen molar-refractivity contribution >= 4 is 5.97 Å². The van der Waals surface area contributed by atoms with Crippen LogP contribution < -0.4 is 5.90 Å². The average molecular weight is 137 g/mol. The maximum absolute atomic E-state index is 10.7. The van der Waals surface area contributed by atoms with Gasteiger partial charge < -0.3 is 4.84 Å². The third-order valence-electron chi connectivity index (χ3n) is 1.12. The van der Waals surface area contributed by atoms with Crippen LogP contribution in [0.15, 0.2) is 30.3 Å². The molecular formula is C7H7NO2. The fourth-order valence-corrected chi connectivity index (χ4v) is 0.642. The summed E-state index contributed by atoms with van der Waals surface area (Å²) in [5.74, 6) is 4.14. The summed E-state index contributed by atoms with van der Waals surface area (Å²) in [6, 6.07) is 8.57. The monoisotopic (exact) mass is 137 g/mol. The Morgan fingerprint density at radius 3 is 2.40 bits per heavy atom. The van der Waals surface area contributed by atoms with Gasteiger partial charge in [0.25, 0.3) is 0 Å². The Labute approximate surface area is 58.4 Å². The Bertz CT molecular complexity index is 220. The van der Waals surface area contributed by atoms with Crippen molar-refractivity contribution in [3.8, 4) is 0 Å². The molecule has 1 aromatic rings. The molecule has 0 aromatic heterocycles. The molecule has 52 valence electrons. The zero-order chi connectivity index (χ0) is 7.40. The van der Waals surface area contributed by atoms with Crippen LogP contribution in [-0.4, -0.2) is 5.97 Å².